The molecule has 0 radical (unpaired) electrons. The van der Waals surface area contributed by atoms with E-state index in [0.29, 0.717) is 33.7 Å². The molecule has 5 aromatic rings. The van der Waals surface area contributed by atoms with Crippen LogP contribution in [-0.2, 0) is 0 Å². The van der Waals surface area contributed by atoms with Crippen LogP contribution in [0.15, 0.2) is 97.1 Å². The van der Waals surface area contributed by atoms with Crippen LogP contribution >= 0.6 is 0 Å². The van der Waals surface area contributed by atoms with Crippen molar-refractivity contribution in [3.8, 4) is 33.9 Å². The summed E-state index contributed by atoms with van der Waals surface area (Å²) in [6, 6.07) is 29.3. The molecule has 0 aliphatic heterocycles. The van der Waals surface area contributed by atoms with E-state index in [4.69, 9.17) is 4.74 Å². The average molecular weight is 433 g/mol. The Labute approximate surface area is 191 Å². The molecule has 0 N–H and O–H groups in total. The fraction of sp³-hybridized carbons (Fsp3) is 0.0345. The van der Waals surface area contributed by atoms with E-state index in [1.165, 1.54) is 6.07 Å². The van der Waals surface area contributed by atoms with Gasteiger partial charge in [0.2, 0.25) is 0 Å². The summed E-state index contributed by atoms with van der Waals surface area (Å²) in [5, 5.41) is 0.795. The third-order valence-corrected chi connectivity index (χ3v) is 5.53. The van der Waals surface area contributed by atoms with E-state index in [1.54, 1.807) is 12.1 Å². The first-order valence-corrected chi connectivity index (χ1v) is 10.6. The molecule has 1 aromatic heterocycles. The Morgan fingerprint density at radius 3 is 2.24 bits per heavy atom. The smallest absolute Gasteiger partial charge is 0.150 e. The zero-order valence-electron chi connectivity index (χ0n) is 18.0. The van der Waals surface area contributed by atoms with Gasteiger partial charge in [-0.2, -0.15) is 0 Å². The number of halogens is 1. The van der Waals surface area contributed by atoms with E-state index in [0.717, 1.165) is 28.5 Å². The van der Waals surface area contributed by atoms with Crippen molar-refractivity contribution in [2.75, 3.05) is 0 Å². The monoisotopic (exact) mass is 433 g/mol. The highest BCUT2D eigenvalue weighted by Gasteiger charge is 2.12. The fourth-order valence-electron chi connectivity index (χ4n) is 3.85. The van der Waals surface area contributed by atoms with Crippen molar-refractivity contribution < 1.29 is 13.9 Å². The predicted octanol–water partition coefficient (Wildman–Crippen LogP) is 7.62. The number of ether oxygens (including phenoxy) is 1. The number of carbonyl (C=O) groups is 1. The lowest BCUT2D eigenvalue weighted by atomic mass is 10.00. The number of para-hydroxylation sites is 1. The molecule has 0 unspecified atom stereocenters. The molecule has 0 atom stereocenters. The minimum Gasteiger partial charge on any atom is -0.457 e. The maximum atomic E-state index is 15.1. The molecule has 0 fully saturated rings. The number of rotatable bonds is 5. The van der Waals surface area contributed by atoms with Crippen LogP contribution in [-0.4, -0.2) is 11.3 Å². The summed E-state index contributed by atoms with van der Waals surface area (Å²) >= 11 is 0. The molecule has 5 rings (SSSR count). The third kappa shape index (κ3) is 4.23. The van der Waals surface area contributed by atoms with Gasteiger partial charge in [0.25, 0.3) is 0 Å². The Balaban J connectivity index is 1.45. The molecule has 0 bridgehead atoms. The van der Waals surface area contributed by atoms with Crippen LogP contribution in [0.2, 0.25) is 0 Å². The topological polar surface area (TPSA) is 39.2 Å². The molecular formula is C29H20FNO2. The van der Waals surface area contributed by atoms with Crippen LogP contribution in [0.5, 0.6) is 11.5 Å². The van der Waals surface area contributed by atoms with Crippen LogP contribution < -0.4 is 4.74 Å². The average Bonchev–Trinajstić information content (AvgIpc) is 2.84. The first-order valence-electron chi connectivity index (χ1n) is 10.6. The first-order chi connectivity index (χ1) is 16.1. The molecular weight excluding hydrogens is 413 g/mol. The minimum absolute atomic E-state index is 0.359. The number of benzene rings is 4. The van der Waals surface area contributed by atoms with Crippen LogP contribution in [0.4, 0.5) is 4.39 Å². The number of pyridine rings is 1. The predicted molar refractivity (Wildman–Crippen MR) is 129 cm³/mol. The zero-order valence-corrected chi connectivity index (χ0v) is 18.0. The molecule has 4 aromatic carbocycles. The van der Waals surface area contributed by atoms with Gasteiger partial charge in [-0.05, 0) is 61.0 Å². The molecule has 0 saturated carbocycles. The van der Waals surface area contributed by atoms with Gasteiger partial charge in [0.15, 0.2) is 6.29 Å². The Hall–Kier alpha value is -4.31. The molecule has 0 spiro atoms. The van der Waals surface area contributed by atoms with E-state index in [2.05, 4.69) is 4.98 Å². The second-order valence-electron chi connectivity index (χ2n) is 7.87. The van der Waals surface area contributed by atoms with E-state index >= 15 is 4.39 Å². The number of aromatic nitrogens is 1. The van der Waals surface area contributed by atoms with Gasteiger partial charge in [-0.15, -0.1) is 0 Å². The summed E-state index contributed by atoms with van der Waals surface area (Å²) in [5.41, 5.74) is 4.70. The van der Waals surface area contributed by atoms with Crippen LogP contribution in [0.3, 0.4) is 0 Å². The van der Waals surface area contributed by atoms with E-state index in [9.17, 15) is 4.79 Å². The van der Waals surface area contributed by atoms with Crippen molar-refractivity contribution in [3.05, 3.63) is 114 Å². The Morgan fingerprint density at radius 2 is 1.52 bits per heavy atom. The van der Waals surface area contributed by atoms with Crippen molar-refractivity contribution in [2.24, 2.45) is 0 Å². The van der Waals surface area contributed by atoms with Crippen molar-refractivity contribution in [1.82, 2.24) is 4.98 Å². The molecule has 33 heavy (non-hydrogen) atoms. The number of aryl methyl sites for hydroxylation is 1. The quantitative estimate of drug-likeness (QED) is 0.268. The first kappa shape index (κ1) is 20.6. The van der Waals surface area contributed by atoms with E-state index < -0.39 is 0 Å². The van der Waals surface area contributed by atoms with Gasteiger partial charge in [0.1, 0.15) is 17.3 Å². The highest BCUT2D eigenvalue weighted by Crippen LogP contribution is 2.31. The van der Waals surface area contributed by atoms with Gasteiger partial charge >= 0.3 is 0 Å². The number of carbonyl (C=O) groups excluding carboxylic acids is 1. The summed E-state index contributed by atoms with van der Waals surface area (Å²) in [6.45, 7) is 1.97. The number of nitrogens with zero attached hydrogens (tertiary/aromatic N) is 1. The maximum absolute atomic E-state index is 15.1. The largest absolute Gasteiger partial charge is 0.457 e. The summed E-state index contributed by atoms with van der Waals surface area (Å²) in [4.78, 5) is 16.3. The van der Waals surface area contributed by atoms with Crippen LogP contribution in [0.1, 0.15) is 15.9 Å². The summed E-state index contributed by atoms with van der Waals surface area (Å²) in [7, 11) is 0. The van der Waals surface area contributed by atoms with Crippen LogP contribution in [0.25, 0.3) is 33.3 Å². The number of hydrogen-bond donors (Lipinski definition) is 0. The number of aldehydes is 1. The lowest BCUT2D eigenvalue weighted by molar-refractivity contribution is 0.112. The lowest BCUT2D eigenvalue weighted by Crippen LogP contribution is -1.93. The zero-order chi connectivity index (χ0) is 22.8. The standard InChI is InChI=1S/C29H20FNO2/c1-19-7-14-28-26(15-19)22(18-32)17-29(31-28)21-10-13-25(27(30)16-21)20-8-11-24(12-9-20)33-23-5-3-2-4-6-23/h2-18H,1H3. The van der Waals surface area contributed by atoms with Crippen molar-refractivity contribution in [3.63, 3.8) is 0 Å². The normalized spacial score (nSPS) is 10.8. The number of fused-ring (bicyclic) bond motifs is 1. The van der Waals surface area contributed by atoms with Crippen molar-refractivity contribution >= 4 is 17.2 Å². The molecule has 0 aliphatic rings. The molecule has 0 saturated heterocycles. The third-order valence-electron chi connectivity index (χ3n) is 5.53. The Bertz CT molecular complexity index is 1460. The summed E-state index contributed by atoms with van der Waals surface area (Å²) in [6.07, 6.45) is 0.816. The second-order valence-corrected chi connectivity index (χ2v) is 7.87. The van der Waals surface area contributed by atoms with E-state index in [-0.39, 0.29) is 5.82 Å². The van der Waals surface area contributed by atoms with Gasteiger partial charge in [-0.1, -0.05) is 54.1 Å². The Morgan fingerprint density at radius 1 is 0.788 bits per heavy atom. The van der Waals surface area contributed by atoms with Gasteiger partial charge in [-0.3, -0.25) is 4.79 Å². The molecule has 4 heteroatoms. The maximum Gasteiger partial charge on any atom is 0.150 e. The second kappa shape index (κ2) is 8.67. The van der Waals surface area contributed by atoms with Gasteiger partial charge in [-0.25, -0.2) is 9.37 Å². The van der Waals surface area contributed by atoms with Gasteiger partial charge in [0, 0.05) is 22.1 Å². The SMILES string of the molecule is Cc1ccc2nc(-c3ccc(-c4ccc(Oc5ccccc5)cc4)c(F)c3)cc(C=O)c2c1. The van der Waals surface area contributed by atoms with Crippen molar-refractivity contribution in [1.29, 1.82) is 0 Å². The summed E-state index contributed by atoms with van der Waals surface area (Å²) < 4.78 is 20.9. The lowest BCUT2D eigenvalue weighted by Gasteiger charge is -2.10. The highest BCUT2D eigenvalue weighted by atomic mass is 19.1. The minimum atomic E-state index is -0.359. The van der Waals surface area contributed by atoms with Gasteiger partial charge < -0.3 is 4.74 Å². The van der Waals surface area contributed by atoms with Crippen molar-refractivity contribution in [2.45, 2.75) is 6.92 Å². The molecule has 3 nitrogen and oxygen atoms in total. The molecule has 1 heterocycles. The molecule has 160 valence electrons. The van der Waals surface area contributed by atoms with Gasteiger partial charge in [0.05, 0.1) is 11.2 Å². The highest BCUT2D eigenvalue weighted by molar-refractivity contribution is 5.98. The number of hydrogen-bond acceptors (Lipinski definition) is 3. The van der Waals surface area contributed by atoms with Crippen LogP contribution in [0, 0.1) is 12.7 Å². The molecule has 0 amide bonds. The Kier molecular flexibility index (Phi) is 5.41. The molecule has 0 aliphatic carbocycles. The van der Waals surface area contributed by atoms with E-state index in [1.807, 2.05) is 85.8 Å². The fourth-order valence-corrected chi connectivity index (χ4v) is 3.85. The summed E-state index contributed by atoms with van der Waals surface area (Å²) in [5.74, 6) is 1.06.